The van der Waals surface area contributed by atoms with E-state index >= 15 is 0 Å². The van der Waals surface area contributed by atoms with Crippen LogP contribution in [0.3, 0.4) is 0 Å². The number of anilines is 3. The maximum absolute atomic E-state index is 12.9. The fourth-order valence-electron chi connectivity index (χ4n) is 3.56. The molecule has 3 heterocycles. The summed E-state index contributed by atoms with van der Waals surface area (Å²) < 4.78 is 4.66. The van der Waals surface area contributed by atoms with Gasteiger partial charge < -0.3 is 39.9 Å². The number of nitrogens with one attached hydrogen (secondary N) is 4. The zero-order valence-corrected chi connectivity index (χ0v) is 22.4. The van der Waals surface area contributed by atoms with E-state index in [4.69, 9.17) is 11.6 Å². The predicted octanol–water partition coefficient (Wildman–Crippen LogP) is 0.948. The lowest BCUT2D eigenvalue weighted by Gasteiger charge is -2.09. The van der Waals surface area contributed by atoms with Crippen molar-refractivity contribution in [2.75, 3.05) is 49.0 Å². The first-order valence-electron chi connectivity index (χ1n) is 11.7. The quantitative estimate of drug-likeness (QED) is 0.183. The number of carbonyl (C=O) groups excluding carboxylic acids is 4. The average Bonchev–Trinajstić information content (AvgIpc) is 3.54. The Morgan fingerprint density at radius 3 is 2.39 bits per heavy atom. The van der Waals surface area contributed by atoms with Crippen molar-refractivity contribution < 1.29 is 19.2 Å². The molecule has 0 unspecified atom stereocenters. The van der Waals surface area contributed by atoms with Crippen LogP contribution in [0.15, 0.2) is 24.7 Å². The van der Waals surface area contributed by atoms with Crippen LogP contribution < -0.4 is 21.3 Å². The molecule has 0 radical (unpaired) electrons. The van der Waals surface area contributed by atoms with Gasteiger partial charge in [0.1, 0.15) is 5.69 Å². The highest BCUT2D eigenvalue weighted by Gasteiger charge is 2.20. The molecule has 0 aromatic carbocycles. The zero-order chi connectivity index (χ0) is 27.8. The molecule has 15 heteroatoms. The second kappa shape index (κ2) is 12.9. The topological polar surface area (TPSA) is 160 Å². The van der Waals surface area contributed by atoms with Gasteiger partial charge in [0, 0.05) is 58.2 Å². The van der Waals surface area contributed by atoms with E-state index in [-0.39, 0.29) is 34.9 Å². The van der Waals surface area contributed by atoms with E-state index in [0.717, 1.165) is 0 Å². The normalized spacial score (nSPS) is 10.9. The van der Waals surface area contributed by atoms with Crippen LogP contribution in [0, 0.1) is 0 Å². The van der Waals surface area contributed by atoms with Gasteiger partial charge in [-0.3, -0.25) is 19.2 Å². The van der Waals surface area contributed by atoms with Gasteiger partial charge in [-0.15, -0.1) is 11.6 Å². The van der Waals surface area contributed by atoms with Gasteiger partial charge in [0.2, 0.25) is 18.1 Å². The van der Waals surface area contributed by atoms with Crippen molar-refractivity contribution in [2.24, 2.45) is 14.1 Å². The van der Waals surface area contributed by atoms with Gasteiger partial charge in [0.05, 0.1) is 5.69 Å². The number of rotatable bonds is 13. The Balaban J connectivity index is 1.68. The third kappa shape index (κ3) is 7.20. The summed E-state index contributed by atoms with van der Waals surface area (Å²) in [5.74, 6) is -0.281. The van der Waals surface area contributed by atoms with Gasteiger partial charge in [-0.05, 0) is 26.6 Å². The van der Waals surface area contributed by atoms with Crippen molar-refractivity contribution in [3.8, 4) is 0 Å². The molecular formula is C23H31ClN10O4. The lowest BCUT2D eigenvalue weighted by Crippen LogP contribution is -2.32. The minimum absolute atomic E-state index is 0.0826. The van der Waals surface area contributed by atoms with E-state index < -0.39 is 11.8 Å². The van der Waals surface area contributed by atoms with Gasteiger partial charge in [-0.25, -0.2) is 9.97 Å². The number of aromatic nitrogens is 5. The fourth-order valence-corrected chi connectivity index (χ4v) is 3.68. The highest BCUT2D eigenvalue weighted by molar-refractivity contribution is 6.17. The monoisotopic (exact) mass is 546 g/mol. The summed E-state index contributed by atoms with van der Waals surface area (Å²) in [5.41, 5.74) is 0.609. The predicted molar refractivity (Wildman–Crippen MR) is 143 cm³/mol. The number of carbonyl (C=O) groups is 4. The number of aryl methyl sites for hydroxylation is 3. The number of amides is 4. The van der Waals surface area contributed by atoms with E-state index in [2.05, 4.69) is 31.2 Å². The molecule has 0 aliphatic rings. The van der Waals surface area contributed by atoms with Crippen molar-refractivity contribution in [1.29, 1.82) is 0 Å². The molecule has 204 valence electrons. The summed E-state index contributed by atoms with van der Waals surface area (Å²) in [5, 5.41) is 10.6. The minimum Gasteiger partial charge on any atom is -0.348 e. The van der Waals surface area contributed by atoms with Crippen molar-refractivity contribution in [1.82, 2.24) is 33.9 Å². The Bertz CT molecular complexity index is 1310. The Labute approximate surface area is 224 Å². The number of alkyl halides is 1. The third-order valence-electron chi connectivity index (χ3n) is 5.38. The summed E-state index contributed by atoms with van der Waals surface area (Å²) in [6.07, 6.45) is 5.73. The Hall–Kier alpha value is -4.17. The first kappa shape index (κ1) is 28.4. The molecule has 0 saturated carbocycles. The van der Waals surface area contributed by atoms with Crippen molar-refractivity contribution in [3.63, 3.8) is 0 Å². The summed E-state index contributed by atoms with van der Waals surface area (Å²) in [7, 11) is 7.12. The Morgan fingerprint density at radius 2 is 1.71 bits per heavy atom. The number of halogens is 1. The zero-order valence-electron chi connectivity index (χ0n) is 21.6. The van der Waals surface area contributed by atoms with Crippen molar-refractivity contribution >= 4 is 53.1 Å². The average molecular weight is 547 g/mol. The summed E-state index contributed by atoms with van der Waals surface area (Å²) in [6.45, 7) is 1.57. The summed E-state index contributed by atoms with van der Waals surface area (Å²) in [4.78, 5) is 59.3. The van der Waals surface area contributed by atoms with Crippen LogP contribution in [0.1, 0.15) is 38.1 Å². The maximum atomic E-state index is 12.9. The van der Waals surface area contributed by atoms with Gasteiger partial charge in [0.25, 0.3) is 17.7 Å². The van der Waals surface area contributed by atoms with Crippen LogP contribution in [0.4, 0.5) is 17.3 Å². The van der Waals surface area contributed by atoms with Crippen LogP contribution in [0.25, 0.3) is 0 Å². The highest BCUT2D eigenvalue weighted by Crippen LogP contribution is 2.17. The number of imidazole rings is 2. The van der Waals surface area contributed by atoms with E-state index in [9.17, 15) is 19.2 Å². The van der Waals surface area contributed by atoms with Gasteiger partial charge >= 0.3 is 0 Å². The lowest BCUT2D eigenvalue weighted by atomic mass is 10.3. The van der Waals surface area contributed by atoms with Gasteiger partial charge in [0.15, 0.2) is 11.6 Å². The molecule has 0 aliphatic heterocycles. The second-order valence-corrected chi connectivity index (χ2v) is 9.08. The molecule has 3 aromatic heterocycles. The molecule has 0 fully saturated rings. The minimum atomic E-state index is -0.522. The van der Waals surface area contributed by atoms with E-state index in [1.54, 1.807) is 35.6 Å². The van der Waals surface area contributed by atoms with Gasteiger partial charge in [-0.2, -0.15) is 0 Å². The SMILES string of the molecule is CN(C)CCNC(=O)c1nc(NC(=O)c2cc(NC(=O)c3nc(NC=O)cn3CCCCl)cn2C)cn1C. The van der Waals surface area contributed by atoms with Crippen LogP contribution in [0.2, 0.25) is 0 Å². The largest absolute Gasteiger partial charge is 0.348 e. The van der Waals surface area contributed by atoms with E-state index in [1.165, 1.54) is 16.8 Å². The highest BCUT2D eigenvalue weighted by atomic mass is 35.5. The molecule has 0 saturated heterocycles. The smallest absolute Gasteiger partial charge is 0.291 e. The second-order valence-electron chi connectivity index (χ2n) is 8.70. The standard InChI is InChI=1S/C23H31ClN10O4/c1-31(2)9-7-25-22(37)19-29-18(12-33(19)4)30-21(36)16-10-15(11-32(16)3)27-23(38)20-28-17(26-14-35)13-34(20)8-5-6-24/h10-14H,5-9H2,1-4H3,(H,25,37)(H,26,35)(H,27,38)(H,30,36). The number of hydrogen-bond acceptors (Lipinski definition) is 7. The molecule has 14 nitrogen and oxygen atoms in total. The molecule has 0 aliphatic carbocycles. The van der Waals surface area contributed by atoms with Crippen LogP contribution >= 0.6 is 11.6 Å². The molecule has 0 spiro atoms. The number of nitrogens with zero attached hydrogens (tertiary/aromatic N) is 6. The first-order valence-corrected chi connectivity index (χ1v) is 12.2. The summed E-state index contributed by atoms with van der Waals surface area (Å²) >= 11 is 5.77. The van der Waals surface area contributed by atoms with E-state index in [0.29, 0.717) is 44.0 Å². The lowest BCUT2D eigenvalue weighted by molar-refractivity contribution is -0.105. The number of hydrogen-bond donors (Lipinski definition) is 4. The third-order valence-corrected chi connectivity index (χ3v) is 5.65. The molecular weight excluding hydrogens is 516 g/mol. The molecule has 4 N–H and O–H groups in total. The molecule has 3 aromatic rings. The van der Waals surface area contributed by atoms with E-state index in [1.807, 2.05) is 19.0 Å². The van der Waals surface area contributed by atoms with Crippen molar-refractivity contribution in [2.45, 2.75) is 13.0 Å². The Morgan fingerprint density at radius 1 is 0.974 bits per heavy atom. The maximum Gasteiger partial charge on any atom is 0.291 e. The first-order chi connectivity index (χ1) is 18.1. The Kier molecular flexibility index (Phi) is 9.62. The molecule has 3 rings (SSSR count). The molecule has 38 heavy (non-hydrogen) atoms. The molecule has 0 bridgehead atoms. The molecule has 0 atom stereocenters. The van der Waals surface area contributed by atoms with Crippen LogP contribution in [-0.4, -0.2) is 85.8 Å². The van der Waals surface area contributed by atoms with Crippen LogP contribution in [0.5, 0.6) is 0 Å². The van der Waals surface area contributed by atoms with Crippen molar-refractivity contribution in [3.05, 3.63) is 42.0 Å². The molecule has 4 amide bonds. The fraction of sp³-hybridized carbons (Fsp3) is 0.391. The van der Waals surface area contributed by atoms with Gasteiger partial charge in [-0.1, -0.05) is 0 Å². The van der Waals surface area contributed by atoms with Crippen LogP contribution in [-0.2, 0) is 25.4 Å². The summed E-state index contributed by atoms with van der Waals surface area (Å²) in [6, 6.07) is 1.50. The number of likely N-dealkylation sites (N-methyl/N-ethyl adjacent to an activating group) is 1.